The second-order valence-corrected chi connectivity index (χ2v) is 11.4. The summed E-state index contributed by atoms with van der Waals surface area (Å²) >= 11 is 0. The number of benzene rings is 1. The van der Waals surface area contributed by atoms with Gasteiger partial charge in [-0.15, -0.1) is 0 Å². The average Bonchev–Trinajstić information content (AvgIpc) is 3.68. The van der Waals surface area contributed by atoms with Crippen LogP contribution < -0.4 is 10.3 Å². The number of hydrogen-bond donors (Lipinski definition) is 1. The van der Waals surface area contributed by atoms with Gasteiger partial charge in [0.05, 0.1) is 22.4 Å². The van der Waals surface area contributed by atoms with E-state index in [1.807, 2.05) is 6.07 Å². The lowest BCUT2D eigenvalue weighted by Crippen LogP contribution is -2.32. The van der Waals surface area contributed by atoms with Crippen molar-refractivity contribution in [2.24, 2.45) is 0 Å². The molecule has 1 atom stereocenters. The zero-order valence-electron chi connectivity index (χ0n) is 18.7. The van der Waals surface area contributed by atoms with Crippen LogP contribution in [0.5, 0.6) is 5.75 Å². The first kappa shape index (κ1) is 22.2. The highest BCUT2D eigenvalue weighted by Gasteiger charge is 2.42. The molecule has 33 heavy (non-hydrogen) atoms. The fourth-order valence-corrected chi connectivity index (χ4v) is 6.29. The summed E-state index contributed by atoms with van der Waals surface area (Å²) in [6, 6.07) is 4.62. The van der Waals surface area contributed by atoms with Crippen molar-refractivity contribution in [1.29, 1.82) is 0 Å². The summed E-state index contributed by atoms with van der Waals surface area (Å²) in [6.45, 7) is 2.51. The summed E-state index contributed by atoms with van der Waals surface area (Å²) in [5.74, 6) is -0.488. The van der Waals surface area contributed by atoms with Crippen LogP contribution in [-0.4, -0.2) is 44.4 Å². The minimum absolute atomic E-state index is 0.110. The van der Waals surface area contributed by atoms with Crippen LogP contribution in [0, 0.1) is 0 Å². The van der Waals surface area contributed by atoms with E-state index in [2.05, 4.69) is 0 Å². The van der Waals surface area contributed by atoms with E-state index >= 15 is 0 Å². The molecular formula is C24H27NO7S. The molecule has 1 unspecified atom stereocenters. The van der Waals surface area contributed by atoms with Crippen molar-refractivity contribution >= 4 is 15.8 Å². The summed E-state index contributed by atoms with van der Waals surface area (Å²) < 4.78 is 39.7. The SMILES string of the molecule is COCCCOc1cc2c(cc1C1CC1)-c1c(cc(C(=O)O)c(=O)n1C1CC1)C(C)S2(=O)=O. The lowest BCUT2D eigenvalue weighted by atomic mass is 9.96. The lowest BCUT2D eigenvalue weighted by molar-refractivity contribution is 0.0694. The summed E-state index contributed by atoms with van der Waals surface area (Å²) in [5, 5.41) is 8.62. The van der Waals surface area contributed by atoms with Gasteiger partial charge in [-0.2, -0.15) is 0 Å². The Kier molecular flexibility index (Phi) is 5.36. The summed E-state index contributed by atoms with van der Waals surface area (Å²) in [5.41, 5.74) is 1.38. The van der Waals surface area contributed by atoms with E-state index in [4.69, 9.17) is 9.47 Å². The van der Waals surface area contributed by atoms with Crippen LogP contribution >= 0.6 is 0 Å². The Hall–Kier alpha value is -2.65. The molecule has 2 fully saturated rings. The van der Waals surface area contributed by atoms with Gasteiger partial charge in [-0.3, -0.25) is 4.79 Å². The second kappa shape index (κ2) is 7.99. The molecule has 9 heteroatoms. The van der Waals surface area contributed by atoms with Crippen LogP contribution in [0.3, 0.4) is 0 Å². The van der Waals surface area contributed by atoms with E-state index in [1.54, 1.807) is 20.1 Å². The molecule has 0 bridgehead atoms. The number of nitrogens with zero attached hydrogens (tertiary/aromatic N) is 1. The van der Waals surface area contributed by atoms with Gasteiger partial charge in [-0.25, -0.2) is 13.2 Å². The number of sulfone groups is 1. The molecule has 2 heterocycles. The third-order valence-electron chi connectivity index (χ3n) is 6.75. The quantitative estimate of drug-likeness (QED) is 0.582. The van der Waals surface area contributed by atoms with Crippen LogP contribution in [0.25, 0.3) is 11.3 Å². The number of methoxy groups -OCH3 is 1. The van der Waals surface area contributed by atoms with E-state index in [9.17, 15) is 23.1 Å². The van der Waals surface area contributed by atoms with Gasteiger partial charge in [0.15, 0.2) is 9.84 Å². The van der Waals surface area contributed by atoms with E-state index in [-0.39, 0.29) is 22.4 Å². The molecule has 0 spiro atoms. The van der Waals surface area contributed by atoms with E-state index in [0.29, 0.717) is 42.2 Å². The zero-order chi connectivity index (χ0) is 23.5. The number of hydrogen-bond acceptors (Lipinski definition) is 6. The Morgan fingerprint density at radius 2 is 1.85 bits per heavy atom. The van der Waals surface area contributed by atoms with Crippen molar-refractivity contribution in [3.05, 3.63) is 45.2 Å². The van der Waals surface area contributed by atoms with Gasteiger partial charge in [0.1, 0.15) is 11.3 Å². The third kappa shape index (κ3) is 3.67. The second-order valence-electron chi connectivity index (χ2n) is 9.12. The molecule has 1 aliphatic heterocycles. The number of carbonyl (C=O) groups is 1. The standard InChI is InChI=1S/C24H27NO7S/c1-13-16-10-19(24(27)28)23(26)25(15-6-7-15)22(16)18-11-17(14-4-5-14)20(32-9-3-8-31-2)12-21(18)33(13,29)30/h10-15H,3-9H2,1-2H3,(H,27,28). The molecule has 0 radical (unpaired) electrons. The highest BCUT2D eigenvalue weighted by Crippen LogP contribution is 2.52. The molecule has 0 amide bonds. The van der Waals surface area contributed by atoms with Crippen LogP contribution in [0.2, 0.25) is 0 Å². The van der Waals surface area contributed by atoms with Crippen molar-refractivity contribution < 1.29 is 27.8 Å². The van der Waals surface area contributed by atoms with E-state index in [1.165, 1.54) is 10.6 Å². The van der Waals surface area contributed by atoms with E-state index < -0.39 is 26.6 Å². The summed E-state index contributed by atoms with van der Waals surface area (Å²) in [7, 11) is -2.18. The molecule has 2 saturated carbocycles. The first-order valence-electron chi connectivity index (χ1n) is 11.3. The highest BCUT2D eigenvalue weighted by molar-refractivity contribution is 7.92. The molecule has 5 rings (SSSR count). The van der Waals surface area contributed by atoms with Gasteiger partial charge in [0.25, 0.3) is 5.56 Å². The number of carboxylic acid groups (broad SMARTS) is 1. The Morgan fingerprint density at radius 3 is 2.45 bits per heavy atom. The molecule has 0 saturated heterocycles. The van der Waals surface area contributed by atoms with Crippen molar-refractivity contribution in [3.8, 4) is 17.0 Å². The van der Waals surface area contributed by atoms with Crippen LogP contribution in [-0.2, 0) is 14.6 Å². The molecule has 2 aromatic rings. The minimum Gasteiger partial charge on any atom is -0.493 e. The van der Waals surface area contributed by atoms with Crippen molar-refractivity contribution in [3.63, 3.8) is 0 Å². The predicted octanol–water partition coefficient (Wildman–Crippen LogP) is 3.69. The molecule has 1 aromatic heterocycles. The Balaban J connectivity index is 1.75. The maximum Gasteiger partial charge on any atom is 0.341 e. The minimum atomic E-state index is -3.80. The molecule has 3 aliphatic rings. The van der Waals surface area contributed by atoms with Gasteiger partial charge >= 0.3 is 5.97 Å². The normalized spacial score (nSPS) is 20.7. The number of pyridine rings is 1. The fraction of sp³-hybridized carbons (Fsp3) is 0.500. The summed E-state index contributed by atoms with van der Waals surface area (Å²) in [4.78, 5) is 25.1. The van der Waals surface area contributed by atoms with Gasteiger partial charge in [-0.05, 0) is 67.9 Å². The average molecular weight is 474 g/mol. The third-order valence-corrected chi connectivity index (χ3v) is 8.89. The molecule has 1 N–H and O–H groups in total. The largest absolute Gasteiger partial charge is 0.493 e. The Labute approximate surface area is 192 Å². The van der Waals surface area contributed by atoms with Crippen LogP contribution in [0.4, 0.5) is 0 Å². The number of rotatable bonds is 8. The smallest absolute Gasteiger partial charge is 0.341 e. The van der Waals surface area contributed by atoms with Crippen LogP contribution in [0.1, 0.15) is 77.7 Å². The molecular weight excluding hydrogens is 446 g/mol. The van der Waals surface area contributed by atoms with Crippen LogP contribution in [0.15, 0.2) is 27.9 Å². The fourth-order valence-electron chi connectivity index (χ4n) is 4.67. The van der Waals surface area contributed by atoms with Gasteiger partial charge < -0.3 is 19.1 Å². The van der Waals surface area contributed by atoms with Gasteiger partial charge in [0.2, 0.25) is 0 Å². The van der Waals surface area contributed by atoms with Gasteiger partial charge in [0, 0.05) is 31.7 Å². The Morgan fingerprint density at radius 1 is 1.12 bits per heavy atom. The number of aromatic carboxylic acids is 1. The number of carboxylic acids is 1. The maximum absolute atomic E-state index is 13.5. The van der Waals surface area contributed by atoms with Gasteiger partial charge in [-0.1, -0.05) is 0 Å². The Bertz CT molecular complexity index is 1300. The summed E-state index contributed by atoms with van der Waals surface area (Å²) in [6.07, 6.45) is 4.21. The predicted molar refractivity (Wildman–Crippen MR) is 121 cm³/mol. The van der Waals surface area contributed by atoms with Crippen molar-refractivity contribution in [1.82, 2.24) is 4.57 Å². The first-order chi connectivity index (χ1) is 15.8. The molecule has 176 valence electrons. The highest BCUT2D eigenvalue weighted by atomic mass is 32.2. The topological polar surface area (TPSA) is 112 Å². The molecule has 1 aromatic carbocycles. The van der Waals surface area contributed by atoms with Crippen molar-refractivity contribution in [2.45, 2.75) is 61.1 Å². The van der Waals surface area contributed by atoms with E-state index in [0.717, 1.165) is 31.2 Å². The first-order valence-corrected chi connectivity index (χ1v) is 12.9. The monoisotopic (exact) mass is 473 g/mol. The molecule has 8 nitrogen and oxygen atoms in total. The maximum atomic E-state index is 13.5. The number of fused-ring (bicyclic) bond motifs is 3. The lowest BCUT2D eigenvalue weighted by Gasteiger charge is -2.30. The molecule has 2 aliphatic carbocycles. The zero-order valence-corrected chi connectivity index (χ0v) is 19.5. The number of aromatic nitrogens is 1. The van der Waals surface area contributed by atoms with Crippen molar-refractivity contribution in [2.75, 3.05) is 20.3 Å². The number of ether oxygens (including phenoxy) is 2.